The zero-order valence-electron chi connectivity index (χ0n) is 15.0. The van der Waals surface area contributed by atoms with E-state index < -0.39 is 5.91 Å². The third-order valence-corrected chi connectivity index (χ3v) is 4.21. The number of aromatic nitrogens is 1. The van der Waals surface area contributed by atoms with Crippen molar-refractivity contribution in [2.75, 3.05) is 26.6 Å². The van der Waals surface area contributed by atoms with Crippen molar-refractivity contribution in [3.63, 3.8) is 0 Å². The van der Waals surface area contributed by atoms with E-state index in [0.717, 1.165) is 5.69 Å². The van der Waals surface area contributed by atoms with Crippen molar-refractivity contribution in [2.45, 2.75) is 0 Å². The first kappa shape index (κ1) is 18.8. The smallest absolute Gasteiger partial charge is 0.278 e. The van der Waals surface area contributed by atoms with Crippen molar-refractivity contribution in [1.29, 1.82) is 0 Å². The molecule has 1 aromatic heterocycles. The number of halogens is 1. The number of benzene rings is 2. The second-order valence-corrected chi connectivity index (χ2v) is 5.91. The van der Waals surface area contributed by atoms with E-state index in [1.54, 1.807) is 43.6 Å². The second kappa shape index (κ2) is 8.11. The maximum Gasteiger partial charge on any atom is 0.278 e. The fraction of sp³-hybridized carbons (Fsp3) is 0.158. The Morgan fingerprint density at radius 1 is 1.11 bits per heavy atom. The van der Waals surface area contributed by atoms with Gasteiger partial charge in [-0.05, 0) is 24.3 Å². The lowest BCUT2D eigenvalue weighted by molar-refractivity contribution is 0.0535. The number of pyridine rings is 1. The fourth-order valence-electron chi connectivity index (χ4n) is 2.62. The Morgan fingerprint density at radius 2 is 1.93 bits per heavy atom. The molecule has 8 heteroatoms. The standard InChI is InChI=1S/C19H18ClN3O4/c1-21-15-5-4-11(8-14(15)20)27-17-6-7-22-16-10-18(25-2)13(9-12(16)17)19(24)23-26-3/h4-10,21H,1-3H3,(H,23,24). The molecular weight excluding hydrogens is 370 g/mol. The summed E-state index contributed by atoms with van der Waals surface area (Å²) in [5, 5.41) is 4.18. The molecular formula is C19H18ClN3O4. The van der Waals surface area contributed by atoms with Crippen LogP contribution in [0.2, 0.25) is 5.02 Å². The maximum absolute atomic E-state index is 12.3. The van der Waals surface area contributed by atoms with E-state index in [1.165, 1.54) is 14.2 Å². The summed E-state index contributed by atoms with van der Waals surface area (Å²) >= 11 is 6.22. The first-order valence-corrected chi connectivity index (χ1v) is 8.40. The summed E-state index contributed by atoms with van der Waals surface area (Å²) in [6.07, 6.45) is 1.62. The van der Waals surface area contributed by atoms with Gasteiger partial charge in [-0.15, -0.1) is 0 Å². The molecule has 0 aliphatic heterocycles. The molecule has 1 amide bonds. The van der Waals surface area contributed by atoms with Crippen molar-refractivity contribution < 1.29 is 19.1 Å². The molecule has 140 valence electrons. The number of nitrogens with zero attached hydrogens (tertiary/aromatic N) is 1. The van der Waals surface area contributed by atoms with E-state index >= 15 is 0 Å². The zero-order chi connectivity index (χ0) is 19.4. The average Bonchev–Trinajstić information content (AvgIpc) is 2.67. The van der Waals surface area contributed by atoms with E-state index in [9.17, 15) is 4.79 Å². The minimum absolute atomic E-state index is 0.299. The van der Waals surface area contributed by atoms with E-state index in [0.29, 0.717) is 38.7 Å². The Bertz CT molecular complexity index is 994. The molecule has 0 saturated heterocycles. The van der Waals surface area contributed by atoms with Gasteiger partial charge in [-0.2, -0.15) is 0 Å². The molecule has 3 rings (SSSR count). The average molecular weight is 388 g/mol. The normalized spacial score (nSPS) is 10.5. The van der Waals surface area contributed by atoms with Crippen molar-refractivity contribution in [3.8, 4) is 17.2 Å². The second-order valence-electron chi connectivity index (χ2n) is 5.51. The van der Waals surface area contributed by atoms with Crippen molar-refractivity contribution in [2.24, 2.45) is 0 Å². The monoisotopic (exact) mass is 387 g/mol. The van der Waals surface area contributed by atoms with Crippen molar-refractivity contribution >= 4 is 34.1 Å². The van der Waals surface area contributed by atoms with Crippen LogP contribution in [0.3, 0.4) is 0 Å². The Labute approximate surface area is 161 Å². The lowest BCUT2D eigenvalue weighted by Crippen LogP contribution is -2.22. The Hall–Kier alpha value is -3.03. The predicted octanol–water partition coefficient (Wildman–Crippen LogP) is 4.02. The van der Waals surface area contributed by atoms with Gasteiger partial charge in [-0.3, -0.25) is 14.6 Å². The molecule has 0 unspecified atom stereocenters. The van der Waals surface area contributed by atoms with Gasteiger partial charge in [0.1, 0.15) is 17.2 Å². The number of ether oxygens (including phenoxy) is 2. The molecule has 0 aliphatic carbocycles. The lowest BCUT2D eigenvalue weighted by Gasteiger charge is -2.13. The number of anilines is 1. The SMILES string of the molecule is CNc1ccc(Oc2ccnc3cc(OC)c(C(=O)NOC)cc23)cc1Cl. The number of methoxy groups -OCH3 is 1. The summed E-state index contributed by atoms with van der Waals surface area (Å²) < 4.78 is 11.3. The molecule has 0 saturated carbocycles. The minimum Gasteiger partial charge on any atom is -0.496 e. The Morgan fingerprint density at radius 3 is 2.59 bits per heavy atom. The highest BCUT2D eigenvalue weighted by atomic mass is 35.5. The highest BCUT2D eigenvalue weighted by molar-refractivity contribution is 6.33. The Balaban J connectivity index is 2.06. The largest absolute Gasteiger partial charge is 0.496 e. The molecule has 27 heavy (non-hydrogen) atoms. The van der Waals surface area contributed by atoms with Crippen LogP contribution in [0.25, 0.3) is 10.9 Å². The van der Waals surface area contributed by atoms with Gasteiger partial charge in [-0.25, -0.2) is 5.48 Å². The number of amides is 1. The molecule has 3 aromatic rings. The summed E-state index contributed by atoms with van der Waals surface area (Å²) in [6.45, 7) is 0. The summed E-state index contributed by atoms with van der Waals surface area (Å²) in [4.78, 5) is 21.3. The molecule has 7 nitrogen and oxygen atoms in total. The quantitative estimate of drug-likeness (QED) is 0.622. The highest BCUT2D eigenvalue weighted by Crippen LogP contribution is 2.35. The van der Waals surface area contributed by atoms with Gasteiger partial charge < -0.3 is 14.8 Å². The zero-order valence-corrected chi connectivity index (χ0v) is 15.8. The number of fused-ring (bicyclic) bond motifs is 1. The number of hydrogen-bond donors (Lipinski definition) is 2. The van der Waals surface area contributed by atoms with Gasteiger partial charge in [0, 0.05) is 30.8 Å². The van der Waals surface area contributed by atoms with Gasteiger partial charge in [0.2, 0.25) is 0 Å². The number of nitrogens with one attached hydrogen (secondary N) is 2. The summed E-state index contributed by atoms with van der Waals surface area (Å²) in [7, 11) is 4.63. The topological polar surface area (TPSA) is 81.7 Å². The van der Waals surface area contributed by atoms with Crippen LogP contribution in [0, 0.1) is 0 Å². The van der Waals surface area contributed by atoms with E-state index in [1.807, 2.05) is 6.07 Å². The third-order valence-electron chi connectivity index (χ3n) is 3.90. The van der Waals surface area contributed by atoms with Crippen LogP contribution in [0.5, 0.6) is 17.2 Å². The molecule has 0 bridgehead atoms. The van der Waals surface area contributed by atoms with Crippen LogP contribution in [0.1, 0.15) is 10.4 Å². The lowest BCUT2D eigenvalue weighted by atomic mass is 10.1. The van der Waals surface area contributed by atoms with Gasteiger partial charge >= 0.3 is 0 Å². The molecule has 2 aromatic carbocycles. The van der Waals surface area contributed by atoms with Crippen molar-refractivity contribution in [1.82, 2.24) is 10.5 Å². The summed E-state index contributed by atoms with van der Waals surface area (Å²) in [5.41, 5.74) is 4.00. The van der Waals surface area contributed by atoms with Gasteiger partial charge in [0.25, 0.3) is 5.91 Å². The minimum atomic E-state index is -0.438. The van der Waals surface area contributed by atoms with Gasteiger partial charge in [-0.1, -0.05) is 11.6 Å². The van der Waals surface area contributed by atoms with Gasteiger partial charge in [0.05, 0.1) is 36.0 Å². The molecule has 0 radical (unpaired) electrons. The van der Waals surface area contributed by atoms with E-state index in [-0.39, 0.29) is 0 Å². The summed E-state index contributed by atoms with van der Waals surface area (Å²) in [6, 6.07) is 10.4. The van der Waals surface area contributed by atoms with Crippen molar-refractivity contribution in [3.05, 3.63) is 53.2 Å². The number of carbonyl (C=O) groups is 1. The highest BCUT2D eigenvalue weighted by Gasteiger charge is 2.16. The van der Waals surface area contributed by atoms with Crippen LogP contribution >= 0.6 is 11.6 Å². The molecule has 0 aliphatic rings. The molecule has 0 fully saturated rings. The maximum atomic E-state index is 12.3. The third kappa shape index (κ3) is 3.89. The first-order valence-electron chi connectivity index (χ1n) is 8.02. The predicted molar refractivity (Wildman–Crippen MR) is 104 cm³/mol. The summed E-state index contributed by atoms with van der Waals surface area (Å²) in [5.74, 6) is 1.03. The molecule has 0 spiro atoms. The van der Waals surface area contributed by atoms with Gasteiger partial charge in [0.15, 0.2) is 0 Å². The van der Waals surface area contributed by atoms with E-state index in [4.69, 9.17) is 25.9 Å². The van der Waals surface area contributed by atoms with Crippen LogP contribution < -0.4 is 20.3 Å². The van der Waals surface area contributed by atoms with E-state index in [2.05, 4.69) is 15.8 Å². The first-order chi connectivity index (χ1) is 13.1. The number of hydrogen-bond acceptors (Lipinski definition) is 6. The number of rotatable bonds is 6. The fourth-order valence-corrected chi connectivity index (χ4v) is 2.89. The molecule has 1 heterocycles. The van der Waals surface area contributed by atoms with Crippen LogP contribution in [-0.4, -0.2) is 32.2 Å². The number of hydroxylamine groups is 1. The van der Waals surface area contributed by atoms with Crippen LogP contribution in [0.15, 0.2) is 42.6 Å². The molecule has 0 atom stereocenters. The Kier molecular flexibility index (Phi) is 5.63. The van der Waals surface area contributed by atoms with Crippen LogP contribution in [0.4, 0.5) is 5.69 Å². The molecule has 2 N–H and O–H groups in total. The number of carbonyl (C=O) groups excluding carboxylic acids is 1. The van der Waals surface area contributed by atoms with Crippen LogP contribution in [-0.2, 0) is 4.84 Å².